The lowest BCUT2D eigenvalue weighted by Gasteiger charge is -2.24. The summed E-state index contributed by atoms with van der Waals surface area (Å²) in [6, 6.07) is 0. The first-order valence-corrected chi connectivity index (χ1v) is 11.0. The topological polar surface area (TPSA) is 77.4 Å². The molecule has 29 heavy (non-hydrogen) atoms. The van der Waals surface area contributed by atoms with E-state index >= 15 is 0 Å². The minimum Gasteiger partial charge on any atom is -0.297 e. The highest BCUT2D eigenvalue weighted by Crippen LogP contribution is 2.24. The van der Waals surface area contributed by atoms with Crippen LogP contribution in [0.5, 0.6) is 0 Å². The summed E-state index contributed by atoms with van der Waals surface area (Å²) in [6.45, 7) is 8.05. The lowest BCUT2D eigenvalue weighted by atomic mass is 10.2. The number of nitrogens with zero attached hydrogens (tertiary/aromatic N) is 6. The minimum absolute atomic E-state index is 0.237. The fraction of sp³-hybridized carbons (Fsp3) is 0.714. The number of hydrogen-bond acceptors (Lipinski definition) is 5. The Labute approximate surface area is 171 Å². The summed E-state index contributed by atoms with van der Waals surface area (Å²) in [5.41, 5.74) is 1.37. The number of aryl methyl sites for hydroxylation is 1. The fourth-order valence-electron chi connectivity index (χ4n) is 3.95. The zero-order chi connectivity index (χ0) is 21.0. The van der Waals surface area contributed by atoms with Crippen LogP contribution in [0.3, 0.4) is 0 Å². The van der Waals surface area contributed by atoms with E-state index in [-0.39, 0.29) is 11.2 Å². The molecular weight excluding hydrogens is 368 g/mol. The molecule has 8 nitrogen and oxygen atoms in total. The quantitative estimate of drug-likeness (QED) is 0.572. The predicted octanol–water partition coefficient (Wildman–Crippen LogP) is 3.25. The zero-order valence-electron chi connectivity index (χ0n) is 18.3. The number of hydrogen-bond donors (Lipinski definition) is 0. The normalized spacial score (nSPS) is 13.8. The SMILES string of the molecule is CCCCCCN1N=C(C)Cn2c1nc1c2c(=O)n(CCCCCC)c(=O)n1C. The second-order valence-electron chi connectivity index (χ2n) is 8.05. The Hall–Kier alpha value is -2.38. The molecule has 0 amide bonds. The van der Waals surface area contributed by atoms with Gasteiger partial charge in [-0.05, 0) is 19.8 Å². The van der Waals surface area contributed by atoms with Gasteiger partial charge in [0.2, 0.25) is 5.95 Å². The van der Waals surface area contributed by atoms with Crippen LogP contribution in [0.2, 0.25) is 0 Å². The van der Waals surface area contributed by atoms with E-state index in [1.54, 1.807) is 7.05 Å². The molecule has 3 heterocycles. The fourth-order valence-corrected chi connectivity index (χ4v) is 3.95. The highest BCUT2D eigenvalue weighted by atomic mass is 16.2. The number of fused-ring (bicyclic) bond motifs is 3. The van der Waals surface area contributed by atoms with E-state index in [0.29, 0.717) is 30.2 Å². The van der Waals surface area contributed by atoms with Crippen molar-refractivity contribution in [2.75, 3.05) is 11.6 Å². The van der Waals surface area contributed by atoms with Crippen molar-refractivity contribution in [3.63, 3.8) is 0 Å². The maximum atomic E-state index is 13.2. The lowest BCUT2D eigenvalue weighted by molar-refractivity contribution is 0.538. The van der Waals surface area contributed by atoms with Gasteiger partial charge in [0, 0.05) is 20.1 Å². The van der Waals surface area contributed by atoms with Gasteiger partial charge >= 0.3 is 5.69 Å². The highest BCUT2D eigenvalue weighted by Gasteiger charge is 2.26. The van der Waals surface area contributed by atoms with Crippen molar-refractivity contribution >= 4 is 22.8 Å². The summed E-state index contributed by atoms with van der Waals surface area (Å²) < 4.78 is 4.81. The molecule has 0 aromatic carbocycles. The van der Waals surface area contributed by atoms with E-state index in [1.165, 1.54) is 22.0 Å². The van der Waals surface area contributed by atoms with Gasteiger partial charge in [-0.15, -0.1) is 0 Å². The summed E-state index contributed by atoms with van der Waals surface area (Å²) >= 11 is 0. The Morgan fingerprint density at radius 2 is 1.59 bits per heavy atom. The van der Waals surface area contributed by atoms with Crippen molar-refractivity contribution in [1.82, 2.24) is 18.7 Å². The van der Waals surface area contributed by atoms with Crippen LogP contribution in [0.1, 0.15) is 72.1 Å². The first-order chi connectivity index (χ1) is 14.0. The number of hydrazone groups is 1. The van der Waals surface area contributed by atoms with Crippen molar-refractivity contribution in [3.05, 3.63) is 20.8 Å². The molecule has 0 atom stereocenters. The minimum atomic E-state index is -0.290. The van der Waals surface area contributed by atoms with E-state index in [1.807, 2.05) is 16.5 Å². The van der Waals surface area contributed by atoms with E-state index < -0.39 is 0 Å². The van der Waals surface area contributed by atoms with Gasteiger partial charge in [0.1, 0.15) is 0 Å². The molecule has 0 N–H and O–H groups in total. The third-order valence-corrected chi connectivity index (χ3v) is 5.58. The van der Waals surface area contributed by atoms with Crippen molar-refractivity contribution in [3.8, 4) is 0 Å². The van der Waals surface area contributed by atoms with Gasteiger partial charge < -0.3 is 0 Å². The summed E-state index contributed by atoms with van der Waals surface area (Å²) in [6.07, 6.45) is 8.63. The molecule has 2 aromatic heterocycles. The molecule has 0 radical (unpaired) electrons. The molecule has 3 rings (SSSR count). The molecular formula is C21H34N6O2. The molecule has 0 saturated carbocycles. The molecule has 0 bridgehead atoms. The Balaban J connectivity index is 2.00. The standard InChI is InChI=1S/C21H34N6O2/c1-5-7-9-11-13-25-19(28)17-18(24(4)21(25)29)22-20-26(17)15-16(3)23-27(20)14-12-10-8-6-2/h5-15H2,1-4H3. The van der Waals surface area contributed by atoms with Crippen molar-refractivity contribution in [2.24, 2.45) is 12.1 Å². The Morgan fingerprint density at radius 3 is 2.24 bits per heavy atom. The Kier molecular flexibility index (Phi) is 6.92. The molecule has 0 fully saturated rings. The van der Waals surface area contributed by atoms with Crippen LogP contribution in [-0.4, -0.2) is 30.9 Å². The number of anilines is 1. The molecule has 160 valence electrons. The summed E-state index contributed by atoms with van der Waals surface area (Å²) in [5, 5.41) is 6.55. The second kappa shape index (κ2) is 9.41. The average molecular weight is 403 g/mol. The van der Waals surface area contributed by atoms with Crippen molar-refractivity contribution in [1.29, 1.82) is 0 Å². The van der Waals surface area contributed by atoms with Gasteiger partial charge in [-0.2, -0.15) is 10.1 Å². The molecule has 1 aliphatic rings. The molecule has 0 unspecified atom stereocenters. The molecule has 0 spiro atoms. The first-order valence-electron chi connectivity index (χ1n) is 11.0. The van der Waals surface area contributed by atoms with E-state index in [4.69, 9.17) is 0 Å². The van der Waals surface area contributed by atoms with Crippen LogP contribution in [0.25, 0.3) is 11.2 Å². The van der Waals surface area contributed by atoms with Gasteiger partial charge in [-0.1, -0.05) is 52.4 Å². The molecule has 8 heteroatoms. The van der Waals surface area contributed by atoms with Gasteiger partial charge in [0.15, 0.2) is 11.2 Å². The molecule has 2 aromatic rings. The largest absolute Gasteiger partial charge is 0.332 e. The summed E-state index contributed by atoms with van der Waals surface area (Å²) in [5.74, 6) is 0.665. The monoisotopic (exact) mass is 402 g/mol. The molecule has 0 saturated heterocycles. The van der Waals surface area contributed by atoms with Crippen molar-refractivity contribution in [2.45, 2.75) is 85.2 Å². The smallest absolute Gasteiger partial charge is 0.297 e. The summed E-state index contributed by atoms with van der Waals surface area (Å²) in [4.78, 5) is 30.7. The van der Waals surface area contributed by atoms with Crippen LogP contribution in [0.4, 0.5) is 5.95 Å². The molecule has 1 aliphatic heterocycles. The van der Waals surface area contributed by atoms with Gasteiger partial charge in [-0.3, -0.25) is 18.5 Å². The van der Waals surface area contributed by atoms with E-state index in [2.05, 4.69) is 23.9 Å². The Morgan fingerprint density at radius 1 is 0.931 bits per heavy atom. The number of aromatic nitrogens is 4. The van der Waals surface area contributed by atoms with Gasteiger partial charge in [-0.25, -0.2) is 9.80 Å². The third kappa shape index (κ3) is 4.31. The van der Waals surface area contributed by atoms with Crippen molar-refractivity contribution < 1.29 is 0 Å². The Bertz CT molecular complexity index is 997. The van der Waals surface area contributed by atoms with Crippen LogP contribution < -0.4 is 16.3 Å². The number of unbranched alkanes of at least 4 members (excludes halogenated alkanes) is 6. The lowest BCUT2D eigenvalue weighted by Crippen LogP contribution is -2.40. The second-order valence-corrected chi connectivity index (χ2v) is 8.05. The zero-order valence-corrected chi connectivity index (χ0v) is 18.3. The number of rotatable bonds is 10. The van der Waals surface area contributed by atoms with E-state index in [9.17, 15) is 9.59 Å². The maximum absolute atomic E-state index is 13.2. The van der Waals surface area contributed by atoms with Gasteiger partial charge in [0.05, 0.1) is 12.3 Å². The molecule has 0 aliphatic carbocycles. The number of imidazole rings is 1. The average Bonchev–Trinajstić information content (AvgIpc) is 3.08. The van der Waals surface area contributed by atoms with Crippen LogP contribution in [0.15, 0.2) is 14.7 Å². The summed E-state index contributed by atoms with van der Waals surface area (Å²) in [7, 11) is 1.70. The first kappa shape index (κ1) is 21.3. The third-order valence-electron chi connectivity index (χ3n) is 5.58. The van der Waals surface area contributed by atoms with Crippen LogP contribution >= 0.6 is 0 Å². The highest BCUT2D eigenvalue weighted by molar-refractivity contribution is 5.87. The van der Waals surface area contributed by atoms with E-state index in [0.717, 1.165) is 50.8 Å². The van der Waals surface area contributed by atoms with Crippen LogP contribution in [-0.2, 0) is 20.1 Å². The van der Waals surface area contributed by atoms with Gasteiger partial charge in [0.25, 0.3) is 5.56 Å². The maximum Gasteiger partial charge on any atom is 0.332 e. The predicted molar refractivity (Wildman–Crippen MR) is 118 cm³/mol. The van der Waals surface area contributed by atoms with Crippen LogP contribution in [0, 0.1) is 0 Å².